The fourth-order valence-corrected chi connectivity index (χ4v) is 4.39. The fourth-order valence-electron chi connectivity index (χ4n) is 3.04. The Morgan fingerprint density at radius 1 is 1.11 bits per heavy atom. The highest BCUT2D eigenvalue weighted by molar-refractivity contribution is 7.90. The van der Waals surface area contributed by atoms with Crippen LogP contribution in [-0.4, -0.2) is 70.7 Å². The first kappa shape index (κ1) is 20.2. The molecular weight excluding hydrogens is 382 g/mol. The lowest BCUT2D eigenvalue weighted by molar-refractivity contribution is 0.311. The van der Waals surface area contributed by atoms with Gasteiger partial charge in [0.25, 0.3) is 0 Å². The van der Waals surface area contributed by atoms with Crippen molar-refractivity contribution in [2.45, 2.75) is 10.6 Å². The maximum absolute atomic E-state index is 12.9. The predicted octanol–water partition coefficient (Wildman–Crippen LogP) is 0.802. The first-order valence-electron chi connectivity index (χ1n) is 8.83. The molecule has 10 heteroatoms. The number of likely N-dealkylation sites (N-methyl/N-ethyl adjacent to an activating group) is 1. The molecule has 1 aliphatic heterocycles. The molecule has 1 aromatic heterocycles. The second-order valence-corrected chi connectivity index (χ2v) is 8.62. The van der Waals surface area contributed by atoms with E-state index >= 15 is 0 Å². The molecule has 0 radical (unpaired) electrons. The van der Waals surface area contributed by atoms with Crippen LogP contribution >= 0.6 is 0 Å². The van der Waals surface area contributed by atoms with Crippen molar-refractivity contribution in [1.29, 1.82) is 0 Å². The molecule has 0 aliphatic carbocycles. The van der Waals surface area contributed by atoms with Crippen molar-refractivity contribution in [3.05, 3.63) is 30.0 Å². The summed E-state index contributed by atoms with van der Waals surface area (Å²) in [5, 5.41) is 0. The number of anilines is 2. The Labute approximate surface area is 165 Å². The average Bonchev–Trinajstić information content (AvgIpc) is 2.67. The summed E-state index contributed by atoms with van der Waals surface area (Å²) in [5.74, 6) is 1.17. The molecule has 152 valence electrons. The highest BCUT2D eigenvalue weighted by atomic mass is 32.2. The molecule has 0 spiro atoms. The SMILES string of the molecule is COc1ccc(CS(=O)(=O)c2cnc(N3CCN(C)CC3)nc2N)cc1OC. The topological polar surface area (TPSA) is 111 Å². The second kappa shape index (κ2) is 8.19. The third kappa shape index (κ3) is 4.28. The van der Waals surface area contributed by atoms with E-state index in [0.717, 1.165) is 26.2 Å². The molecule has 2 N–H and O–H groups in total. The second-order valence-electron chi connectivity index (χ2n) is 6.66. The van der Waals surface area contributed by atoms with E-state index in [4.69, 9.17) is 15.2 Å². The van der Waals surface area contributed by atoms with Crippen molar-refractivity contribution in [2.24, 2.45) is 0 Å². The zero-order chi connectivity index (χ0) is 20.3. The lowest BCUT2D eigenvalue weighted by Crippen LogP contribution is -2.45. The van der Waals surface area contributed by atoms with Gasteiger partial charge in [-0.05, 0) is 24.7 Å². The lowest BCUT2D eigenvalue weighted by atomic mass is 10.2. The first-order chi connectivity index (χ1) is 13.3. The summed E-state index contributed by atoms with van der Waals surface area (Å²) >= 11 is 0. The molecule has 0 atom stereocenters. The third-order valence-electron chi connectivity index (χ3n) is 4.70. The minimum Gasteiger partial charge on any atom is -0.493 e. The molecule has 0 bridgehead atoms. The molecule has 2 heterocycles. The normalized spacial score (nSPS) is 15.5. The van der Waals surface area contributed by atoms with Crippen molar-refractivity contribution in [3.63, 3.8) is 0 Å². The molecule has 0 amide bonds. The number of sulfone groups is 1. The number of methoxy groups -OCH3 is 2. The Hall–Kier alpha value is -2.59. The highest BCUT2D eigenvalue weighted by Gasteiger charge is 2.23. The van der Waals surface area contributed by atoms with Gasteiger partial charge in [-0.25, -0.2) is 13.4 Å². The molecular formula is C18H25N5O4S. The van der Waals surface area contributed by atoms with Crippen molar-refractivity contribution in [3.8, 4) is 11.5 Å². The van der Waals surface area contributed by atoms with Crippen LogP contribution in [0, 0.1) is 0 Å². The van der Waals surface area contributed by atoms with Crippen LogP contribution in [0.3, 0.4) is 0 Å². The van der Waals surface area contributed by atoms with Gasteiger partial charge in [-0.1, -0.05) is 6.07 Å². The third-order valence-corrected chi connectivity index (χ3v) is 6.39. The number of nitrogen functional groups attached to an aromatic ring is 1. The van der Waals surface area contributed by atoms with Crippen LogP contribution in [0.5, 0.6) is 11.5 Å². The van der Waals surface area contributed by atoms with E-state index in [1.54, 1.807) is 18.2 Å². The Morgan fingerprint density at radius 3 is 2.39 bits per heavy atom. The summed E-state index contributed by atoms with van der Waals surface area (Å²) in [5.41, 5.74) is 6.54. The van der Waals surface area contributed by atoms with Crippen LogP contribution in [0.4, 0.5) is 11.8 Å². The Kier molecular flexibility index (Phi) is 5.90. The minimum absolute atomic E-state index is 0.0376. The van der Waals surface area contributed by atoms with Gasteiger partial charge in [0.05, 0.1) is 26.2 Å². The monoisotopic (exact) mass is 407 g/mol. The number of hydrogen-bond acceptors (Lipinski definition) is 9. The number of nitrogens with zero attached hydrogens (tertiary/aromatic N) is 4. The number of aromatic nitrogens is 2. The number of hydrogen-bond donors (Lipinski definition) is 1. The molecule has 1 aromatic carbocycles. The number of rotatable bonds is 6. The molecule has 9 nitrogen and oxygen atoms in total. The zero-order valence-corrected chi connectivity index (χ0v) is 17.1. The molecule has 1 aliphatic rings. The van der Waals surface area contributed by atoms with Crippen molar-refractivity contribution in [1.82, 2.24) is 14.9 Å². The van der Waals surface area contributed by atoms with E-state index in [9.17, 15) is 8.42 Å². The van der Waals surface area contributed by atoms with Crippen LogP contribution in [0.1, 0.15) is 5.56 Å². The van der Waals surface area contributed by atoms with Crippen LogP contribution in [-0.2, 0) is 15.6 Å². The van der Waals surface area contributed by atoms with E-state index < -0.39 is 9.84 Å². The molecule has 0 unspecified atom stereocenters. The molecule has 2 aromatic rings. The van der Waals surface area contributed by atoms with E-state index in [1.807, 2.05) is 4.90 Å². The Balaban J connectivity index is 1.82. The van der Waals surface area contributed by atoms with Crippen LogP contribution in [0.25, 0.3) is 0 Å². The van der Waals surface area contributed by atoms with E-state index in [1.165, 1.54) is 20.4 Å². The van der Waals surface area contributed by atoms with Gasteiger partial charge < -0.3 is 25.0 Å². The van der Waals surface area contributed by atoms with Gasteiger partial charge >= 0.3 is 0 Å². The predicted molar refractivity (Wildman–Crippen MR) is 107 cm³/mol. The van der Waals surface area contributed by atoms with E-state index in [2.05, 4.69) is 21.9 Å². The maximum atomic E-state index is 12.9. The molecule has 1 fully saturated rings. The summed E-state index contributed by atoms with van der Waals surface area (Å²) in [6.45, 7) is 3.33. The minimum atomic E-state index is -3.72. The molecule has 28 heavy (non-hydrogen) atoms. The summed E-state index contributed by atoms with van der Waals surface area (Å²) in [7, 11) is 1.36. The van der Waals surface area contributed by atoms with Crippen molar-refractivity contribution in [2.75, 3.05) is 58.1 Å². The number of ether oxygens (including phenoxy) is 2. The Bertz CT molecular complexity index is 943. The maximum Gasteiger partial charge on any atom is 0.227 e. The highest BCUT2D eigenvalue weighted by Crippen LogP contribution is 2.30. The van der Waals surface area contributed by atoms with Gasteiger partial charge in [0.15, 0.2) is 21.3 Å². The molecule has 3 rings (SSSR count). The Morgan fingerprint density at radius 2 is 1.79 bits per heavy atom. The van der Waals surface area contributed by atoms with Gasteiger partial charge in [-0.3, -0.25) is 0 Å². The van der Waals surface area contributed by atoms with Crippen molar-refractivity contribution < 1.29 is 17.9 Å². The zero-order valence-electron chi connectivity index (χ0n) is 16.3. The molecule has 1 saturated heterocycles. The van der Waals surface area contributed by atoms with Gasteiger partial charge in [0.1, 0.15) is 10.7 Å². The quantitative estimate of drug-likeness (QED) is 0.743. The summed E-state index contributed by atoms with van der Waals surface area (Å²) in [6.07, 6.45) is 1.30. The summed E-state index contributed by atoms with van der Waals surface area (Å²) < 4.78 is 36.1. The van der Waals surface area contributed by atoms with E-state index in [0.29, 0.717) is 23.0 Å². The number of nitrogens with two attached hydrogens (primary N) is 1. The van der Waals surface area contributed by atoms with Gasteiger partial charge in [-0.15, -0.1) is 0 Å². The van der Waals surface area contributed by atoms with Crippen molar-refractivity contribution >= 4 is 21.6 Å². The van der Waals surface area contributed by atoms with Crippen LogP contribution in [0.2, 0.25) is 0 Å². The standard InChI is InChI=1S/C18H25N5O4S/c1-22-6-8-23(9-7-22)18-20-11-16(17(19)21-18)28(24,25)12-13-4-5-14(26-2)15(10-13)27-3/h4-5,10-11H,6-9,12H2,1-3H3,(H2,19,20,21). The first-order valence-corrected chi connectivity index (χ1v) is 10.5. The largest absolute Gasteiger partial charge is 0.493 e. The summed E-state index contributed by atoms with van der Waals surface area (Å²) in [4.78, 5) is 12.6. The average molecular weight is 407 g/mol. The van der Waals surface area contributed by atoms with Gasteiger partial charge in [0.2, 0.25) is 5.95 Å². The van der Waals surface area contributed by atoms with Crippen LogP contribution < -0.4 is 20.1 Å². The lowest BCUT2D eigenvalue weighted by Gasteiger charge is -2.32. The van der Waals surface area contributed by atoms with Gasteiger partial charge in [0, 0.05) is 26.2 Å². The molecule has 0 saturated carbocycles. The summed E-state index contributed by atoms with van der Waals surface area (Å²) in [6, 6.07) is 4.97. The van der Waals surface area contributed by atoms with E-state index in [-0.39, 0.29) is 16.5 Å². The van der Waals surface area contributed by atoms with Gasteiger partial charge in [-0.2, -0.15) is 4.98 Å². The number of piperazine rings is 1. The number of benzene rings is 1. The van der Waals surface area contributed by atoms with Crippen LogP contribution in [0.15, 0.2) is 29.3 Å². The smallest absolute Gasteiger partial charge is 0.227 e. The fraction of sp³-hybridized carbons (Fsp3) is 0.444.